The van der Waals surface area contributed by atoms with E-state index in [1.807, 2.05) is 0 Å². The number of phenols is 1. The molecule has 0 aliphatic carbocycles. The molecule has 2 heterocycles. The number of carbonyl (C=O) groups excluding carboxylic acids is 1. The van der Waals surface area contributed by atoms with Gasteiger partial charge in [0, 0.05) is 23.4 Å². The summed E-state index contributed by atoms with van der Waals surface area (Å²) in [5, 5.41) is 9.07. The summed E-state index contributed by atoms with van der Waals surface area (Å²) < 4.78 is 32.6. The Hall–Kier alpha value is -2.41. The molecule has 1 aliphatic rings. The van der Waals surface area contributed by atoms with E-state index < -0.39 is 29.5 Å². The summed E-state index contributed by atoms with van der Waals surface area (Å²) >= 11 is 5.63. The van der Waals surface area contributed by atoms with Crippen molar-refractivity contribution < 1.29 is 23.4 Å². The number of fused-ring (bicyclic) bond motifs is 1. The fourth-order valence-electron chi connectivity index (χ4n) is 2.41. The number of halogens is 3. The Balaban J connectivity index is 1.96. The summed E-state index contributed by atoms with van der Waals surface area (Å²) in [7, 11) is 0. The molecule has 1 unspecified atom stereocenters. The van der Waals surface area contributed by atoms with Crippen molar-refractivity contribution in [2.75, 3.05) is 0 Å². The van der Waals surface area contributed by atoms with Crippen molar-refractivity contribution in [1.82, 2.24) is 9.88 Å². The van der Waals surface area contributed by atoms with Gasteiger partial charge in [-0.2, -0.15) is 0 Å². The average Bonchev–Trinajstić information content (AvgIpc) is 2.50. The van der Waals surface area contributed by atoms with Crippen molar-refractivity contribution in [3.05, 3.63) is 52.3 Å². The second-order valence-electron chi connectivity index (χ2n) is 5.09. The molecule has 1 aromatic carbocycles. The smallest absolute Gasteiger partial charge is 0.416 e. The third-order valence-corrected chi connectivity index (χ3v) is 3.96. The number of aromatic nitrogens is 1. The van der Waals surface area contributed by atoms with Crippen LogP contribution >= 0.6 is 11.6 Å². The van der Waals surface area contributed by atoms with Crippen LogP contribution in [-0.4, -0.2) is 21.1 Å². The summed E-state index contributed by atoms with van der Waals surface area (Å²) in [4.78, 5) is 17.0. The van der Waals surface area contributed by atoms with Gasteiger partial charge >= 0.3 is 6.09 Å². The highest BCUT2D eigenvalue weighted by Gasteiger charge is 2.33. The van der Waals surface area contributed by atoms with Gasteiger partial charge in [0.25, 0.3) is 0 Å². The number of rotatable bonds is 2. The predicted octanol–water partition coefficient (Wildman–Crippen LogP) is 3.79. The number of ether oxygens (including phenoxy) is 1. The summed E-state index contributed by atoms with van der Waals surface area (Å²) in [6, 6.07) is 2.95. The molecular formula is C15H11ClF2N2O3. The third kappa shape index (κ3) is 2.68. The van der Waals surface area contributed by atoms with Gasteiger partial charge in [-0.3, -0.25) is 4.90 Å². The first-order valence-corrected chi connectivity index (χ1v) is 7.06. The Morgan fingerprint density at radius 3 is 2.91 bits per heavy atom. The topological polar surface area (TPSA) is 62.7 Å². The Kier molecular flexibility index (Phi) is 3.81. The van der Waals surface area contributed by atoms with Gasteiger partial charge in [0.15, 0.2) is 22.5 Å². The number of benzene rings is 1. The molecule has 3 rings (SSSR count). The second-order valence-corrected chi connectivity index (χ2v) is 5.45. The van der Waals surface area contributed by atoms with Crippen molar-refractivity contribution >= 4 is 17.7 Å². The van der Waals surface area contributed by atoms with E-state index in [2.05, 4.69) is 4.98 Å². The number of carbonyl (C=O) groups is 1. The predicted molar refractivity (Wildman–Crippen MR) is 77.3 cm³/mol. The first kappa shape index (κ1) is 15.5. The zero-order chi connectivity index (χ0) is 16.7. The fourth-order valence-corrected chi connectivity index (χ4v) is 2.59. The largest absolute Gasteiger partial charge is 0.505 e. The number of hydrogen-bond donors (Lipinski definition) is 1. The first-order chi connectivity index (χ1) is 10.9. The highest BCUT2D eigenvalue weighted by Crippen LogP contribution is 2.39. The van der Waals surface area contributed by atoms with Crippen LogP contribution in [0.4, 0.5) is 13.6 Å². The lowest BCUT2D eigenvalue weighted by Crippen LogP contribution is -2.39. The van der Waals surface area contributed by atoms with Crippen LogP contribution in [0.2, 0.25) is 5.15 Å². The second kappa shape index (κ2) is 5.66. The number of aromatic hydroxyl groups is 1. The molecule has 0 bridgehead atoms. The van der Waals surface area contributed by atoms with Crippen LogP contribution in [0.1, 0.15) is 24.1 Å². The molecule has 23 heavy (non-hydrogen) atoms. The molecule has 1 N–H and O–H groups in total. The van der Waals surface area contributed by atoms with E-state index in [1.165, 1.54) is 17.2 Å². The van der Waals surface area contributed by atoms with Crippen molar-refractivity contribution in [3.63, 3.8) is 0 Å². The van der Waals surface area contributed by atoms with E-state index >= 15 is 0 Å². The Morgan fingerprint density at radius 1 is 1.43 bits per heavy atom. The maximum atomic E-state index is 14.0. The molecule has 0 radical (unpaired) electrons. The van der Waals surface area contributed by atoms with Crippen molar-refractivity contribution in [3.8, 4) is 11.5 Å². The average molecular weight is 341 g/mol. The van der Waals surface area contributed by atoms with Crippen LogP contribution in [-0.2, 0) is 6.54 Å². The van der Waals surface area contributed by atoms with Gasteiger partial charge in [-0.1, -0.05) is 11.6 Å². The highest BCUT2D eigenvalue weighted by molar-refractivity contribution is 6.29. The van der Waals surface area contributed by atoms with E-state index in [1.54, 1.807) is 6.92 Å². The van der Waals surface area contributed by atoms with Gasteiger partial charge in [0.2, 0.25) is 0 Å². The fraction of sp³-hybridized carbons (Fsp3) is 0.200. The number of nitrogens with zero attached hydrogens (tertiary/aromatic N) is 2. The van der Waals surface area contributed by atoms with Crippen molar-refractivity contribution in [2.45, 2.75) is 19.5 Å². The molecule has 1 aromatic heterocycles. The minimum atomic E-state index is -0.827. The molecule has 5 nitrogen and oxygen atoms in total. The lowest BCUT2D eigenvalue weighted by atomic mass is 10.0. The molecule has 1 atom stereocenters. The minimum Gasteiger partial charge on any atom is -0.505 e. The molecule has 0 spiro atoms. The van der Waals surface area contributed by atoms with Crippen LogP contribution in [0.15, 0.2) is 24.4 Å². The number of hydrogen-bond acceptors (Lipinski definition) is 4. The minimum absolute atomic E-state index is 0.0749. The molecule has 120 valence electrons. The van der Waals surface area contributed by atoms with Gasteiger partial charge in [0.05, 0.1) is 12.6 Å². The SMILES string of the molecule is CC1c2cc(F)c(O)cc2OC(=O)N1Cc1ccnc(Cl)c1F. The van der Waals surface area contributed by atoms with E-state index in [0.717, 1.165) is 12.1 Å². The maximum absolute atomic E-state index is 14.0. The van der Waals surface area contributed by atoms with Crippen LogP contribution in [0.5, 0.6) is 11.5 Å². The van der Waals surface area contributed by atoms with Gasteiger partial charge in [0.1, 0.15) is 5.75 Å². The van der Waals surface area contributed by atoms with Crippen LogP contribution < -0.4 is 4.74 Å². The lowest BCUT2D eigenvalue weighted by molar-refractivity contribution is 0.116. The highest BCUT2D eigenvalue weighted by atomic mass is 35.5. The van der Waals surface area contributed by atoms with Gasteiger partial charge < -0.3 is 9.84 Å². The Morgan fingerprint density at radius 2 is 2.17 bits per heavy atom. The normalized spacial score (nSPS) is 17.0. The van der Waals surface area contributed by atoms with Gasteiger partial charge in [-0.05, 0) is 19.1 Å². The van der Waals surface area contributed by atoms with E-state index in [9.17, 15) is 18.7 Å². The van der Waals surface area contributed by atoms with Gasteiger partial charge in [-0.15, -0.1) is 0 Å². The van der Waals surface area contributed by atoms with Crippen LogP contribution in [0.3, 0.4) is 0 Å². The van der Waals surface area contributed by atoms with E-state index in [-0.39, 0.29) is 23.0 Å². The number of phenolic OH excluding ortho intramolecular Hbond substituents is 1. The van der Waals surface area contributed by atoms with E-state index in [0.29, 0.717) is 5.56 Å². The first-order valence-electron chi connectivity index (χ1n) is 6.68. The molecular weight excluding hydrogens is 330 g/mol. The van der Waals surface area contributed by atoms with Crippen molar-refractivity contribution in [1.29, 1.82) is 0 Å². The number of pyridine rings is 1. The summed E-state index contributed by atoms with van der Waals surface area (Å²) in [6.07, 6.45) is 0.593. The van der Waals surface area contributed by atoms with Crippen molar-refractivity contribution in [2.24, 2.45) is 0 Å². The maximum Gasteiger partial charge on any atom is 0.416 e. The monoisotopic (exact) mass is 340 g/mol. The molecule has 2 aromatic rings. The Labute approximate surface area is 135 Å². The molecule has 8 heteroatoms. The molecule has 1 amide bonds. The lowest BCUT2D eigenvalue weighted by Gasteiger charge is -2.34. The molecule has 0 fully saturated rings. The van der Waals surface area contributed by atoms with E-state index in [4.69, 9.17) is 16.3 Å². The summed E-state index contributed by atoms with van der Waals surface area (Å²) in [5.41, 5.74) is 0.539. The van der Waals surface area contributed by atoms with Gasteiger partial charge in [-0.25, -0.2) is 18.6 Å². The molecule has 0 saturated heterocycles. The zero-order valence-electron chi connectivity index (χ0n) is 11.9. The summed E-state index contributed by atoms with van der Waals surface area (Å²) in [5.74, 6) is -2.08. The third-order valence-electron chi connectivity index (χ3n) is 3.70. The summed E-state index contributed by atoms with van der Waals surface area (Å²) in [6.45, 7) is 1.53. The standard InChI is InChI=1S/C15H11ClF2N2O3/c1-7-9-4-10(17)11(21)5-12(9)23-15(22)20(7)6-8-2-3-19-14(16)13(8)18/h2-5,7,21H,6H2,1H3. The van der Waals surface area contributed by atoms with Crippen LogP contribution in [0, 0.1) is 11.6 Å². The Bertz CT molecular complexity index is 801. The number of amides is 1. The van der Waals surface area contributed by atoms with Crippen LogP contribution in [0.25, 0.3) is 0 Å². The zero-order valence-corrected chi connectivity index (χ0v) is 12.6. The molecule has 0 saturated carbocycles. The molecule has 1 aliphatic heterocycles. The quantitative estimate of drug-likeness (QED) is 0.845.